The number of non-ortho nitro benzene ring substituents is 2. The van der Waals surface area contributed by atoms with Crippen LogP contribution in [0.25, 0.3) is 10.2 Å². The molecule has 2 aromatic carbocycles. The van der Waals surface area contributed by atoms with Crippen molar-refractivity contribution in [2.75, 3.05) is 0 Å². The van der Waals surface area contributed by atoms with Crippen LogP contribution in [0.1, 0.15) is 17.3 Å². The summed E-state index contributed by atoms with van der Waals surface area (Å²) in [7, 11) is 0. The van der Waals surface area contributed by atoms with E-state index < -0.39 is 15.8 Å². The summed E-state index contributed by atoms with van der Waals surface area (Å²) in [6.45, 7) is 2.30. The predicted octanol–water partition coefficient (Wildman–Crippen LogP) is 3.28. The molecule has 0 spiro atoms. The highest BCUT2D eigenvalue weighted by molar-refractivity contribution is 7.16. The first-order valence-electron chi connectivity index (χ1n) is 7.52. The molecule has 0 atom stereocenters. The predicted molar refractivity (Wildman–Crippen MR) is 95.1 cm³/mol. The van der Waals surface area contributed by atoms with Gasteiger partial charge in [0.25, 0.3) is 17.3 Å². The van der Waals surface area contributed by atoms with E-state index in [1.807, 2.05) is 6.92 Å². The molecule has 10 heteroatoms. The van der Waals surface area contributed by atoms with Gasteiger partial charge in [0.2, 0.25) is 0 Å². The van der Waals surface area contributed by atoms with Gasteiger partial charge < -0.3 is 4.57 Å². The lowest BCUT2D eigenvalue weighted by molar-refractivity contribution is -0.385. The number of hydrogen-bond donors (Lipinski definition) is 0. The summed E-state index contributed by atoms with van der Waals surface area (Å²) in [6, 6.07) is 9.77. The van der Waals surface area contributed by atoms with Gasteiger partial charge in [-0.1, -0.05) is 17.4 Å². The molecule has 9 nitrogen and oxygen atoms in total. The van der Waals surface area contributed by atoms with Crippen molar-refractivity contribution in [3.63, 3.8) is 0 Å². The van der Waals surface area contributed by atoms with Crippen LogP contribution < -0.4 is 4.80 Å². The Hall–Kier alpha value is -3.40. The van der Waals surface area contributed by atoms with Crippen LogP contribution in [0.3, 0.4) is 0 Å². The Bertz CT molecular complexity index is 1120. The Morgan fingerprint density at radius 1 is 1.12 bits per heavy atom. The third kappa shape index (κ3) is 3.22. The van der Waals surface area contributed by atoms with Crippen LogP contribution in [0.2, 0.25) is 0 Å². The van der Waals surface area contributed by atoms with Crippen molar-refractivity contribution in [3.05, 3.63) is 73.1 Å². The van der Waals surface area contributed by atoms with E-state index in [-0.39, 0.29) is 16.9 Å². The minimum atomic E-state index is -0.614. The van der Waals surface area contributed by atoms with Crippen LogP contribution in [0.15, 0.2) is 47.5 Å². The first-order valence-corrected chi connectivity index (χ1v) is 8.33. The molecule has 0 aliphatic rings. The van der Waals surface area contributed by atoms with Gasteiger partial charge in [0.1, 0.15) is 0 Å². The molecule has 0 saturated heterocycles. The lowest BCUT2D eigenvalue weighted by Gasteiger charge is -2.00. The Labute approximate surface area is 150 Å². The maximum Gasteiger partial charge on any atom is 0.279 e. The summed E-state index contributed by atoms with van der Waals surface area (Å²) in [5, 5.41) is 21.8. The fraction of sp³-hybridized carbons (Fsp3) is 0.125. The summed E-state index contributed by atoms with van der Waals surface area (Å²) in [5.74, 6) is -0.614. The zero-order valence-electron chi connectivity index (χ0n) is 13.5. The monoisotopic (exact) mass is 372 g/mol. The Morgan fingerprint density at radius 3 is 2.46 bits per heavy atom. The number of benzene rings is 2. The largest absolute Gasteiger partial charge is 0.316 e. The van der Waals surface area contributed by atoms with Gasteiger partial charge in [-0.15, -0.1) is 0 Å². The fourth-order valence-corrected chi connectivity index (χ4v) is 3.54. The topological polar surface area (TPSA) is 121 Å². The zero-order chi connectivity index (χ0) is 18.8. The Balaban J connectivity index is 2.12. The molecular weight excluding hydrogens is 360 g/mol. The molecule has 0 bridgehead atoms. The normalized spacial score (nSPS) is 11.7. The van der Waals surface area contributed by atoms with Crippen LogP contribution in [0, 0.1) is 20.2 Å². The highest BCUT2D eigenvalue weighted by atomic mass is 32.1. The molecule has 0 unspecified atom stereocenters. The molecule has 1 heterocycles. The summed E-state index contributed by atoms with van der Waals surface area (Å²) >= 11 is 1.22. The van der Waals surface area contributed by atoms with Gasteiger partial charge in [0.15, 0.2) is 4.80 Å². The van der Waals surface area contributed by atoms with Gasteiger partial charge in [0.05, 0.1) is 20.1 Å². The quantitative estimate of drug-likeness (QED) is 0.514. The van der Waals surface area contributed by atoms with Crippen LogP contribution in [0.4, 0.5) is 11.4 Å². The molecule has 0 saturated carbocycles. The summed E-state index contributed by atoms with van der Waals surface area (Å²) in [5.41, 5.74) is 0.470. The van der Waals surface area contributed by atoms with Crippen LogP contribution in [0.5, 0.6) is 0 Å². The summed E-state index contributed by atoms with van der Waals surface area (Å²) < 4.78 is 2.45. The molecule has 1 aromatic heterocycles. The second-order valence-electron chi connectivity index (χ2n) is 5.26. The van der Waals surface area contributed by atoms with Crippen LogP contribution >= 0.6 is 11.3 Å². The Morgan fingerprint density at radius 2 is 1.81 bits per heavy atom. The number of aromatic nitrogens is 1. The first kappa shape index (κ1) is 17.4. The third-order valence-electron chi connectivity index (χ3n) is 3.69. The van der Waals surface area contributed by atoms with Crippen molar-refractivity contribution >= 4 is 38.8 Å². The minimum absolute atomic E-state index is 0.0472. The second kappa shape index (κ2) is 6.84. The average Bonchev–Trinajstić information content (AvgIpc) is 2.97. The van der Waals surface area contributed by atoms with Crippen molar-refractivity contribution in [2.24, 2.45) is 4.99 Å². The number of rotatable bonds is 4. The number of carbonyl (C=O) groups excluding carboxylic acids is 1. The van der Waals surface area contributed by atoms with Gasteiger partial charge in [-0.05, 0) is 19.1 Å². The Kier molecular flexibility index (Phi) is 4.59. The van der Waals surface area contributed by atoms with E-state index >= 15 is 0 Å². The molecule has 0 radical (unpaired) electrons. The van der Waals surface area contributed by atoms with E-state index in [4.69, 9.17) is 0 Å². The van der Waals surface area contributed by atoms with Crippen LogP contribution in [-0.2, 0) is 6.54 Å². The minimum Gasteiger partial charge on any atom is -0.316 e. The van der Waals surface area contributed by atoms with E-state index in [9.17, 15) is 25.0 Å². The lowest BCUT2D eigenvalue weighted by Crippen LogP contribution is -2.16. The molecule has 0 aliphatic heterocycles. The van der Waals surface area contributed by atoms with E-state index in [0.29, 0.717) is 16.9 Å². The zero-order valence-corrected chi connectivity index (χ0v) is 14.3. The van der Waals surface area contributed by atoms with Gasteiger partial charge in [-0.2, -0.15) is 4.99 Å². The standard InChI is InChI=1S/C16H12N4O5S/c1-2-18-13-9-12(20(24)25)6-7-14(13)26-16(18)17-15(21)10-4-3-5-11(8-10)19(22)23/h3-9H,2H2,1H3. The van der Waals surface area contributed by atoms with Crippen LogP contribution in [-0.4, -0.2) is 20.3 Å². The summed E-state index contributed by atoms with van der Waals surface area (Å²) in [6.07, 6.45) is 0. The van der Waals surface area contributed by atoms with Gasteiger partial charge in [-0.25, -0.2) is 0 Å². The number of fused-ring (bicyclic) bond motifs is 1. The lowest BCUT2D eigenvalue weighted by atomic mass is 10.2. The molecule has 3 aromatic rings. The molecule has 1 amide bonds. The smallest absolute Gasteiger partial charge is 0.279 e. The molecular formula is C16H12N4O5S. The van der Waals surface area contributed by atoms with E-state index in [2.05, 4.69) is 4.99 Å². The average molecular weight is 372 g/mol. The van der Waals surface area contributed by atoms with E-state index in [1.54, 1.807) is 10.6 Å². The highest BCUT2D eigenvalue weighted by Crippen LogP contribution is 2.23. The fourth-order valence-electron chi connectivity index (χ4n) is 2.47. The second-order valence-corrected chi connectivity index (χ2v) is 6.27. The number of nitrogens with zero attached hydrogens (tertiary/aromatic N) is 4. The number of nitro groups is 2. The number of thiazole rings is 1. The SMILES string of the molecule is CCn1c(=NC(=O)c2cccc([N+](=O)[O-])c2)sc2ccc([N+](=O)[O-])cc21. The van der Waals surface area contributed by atoms with Crippen molar-refractivity contribution in [2.45, 2.75) is 13.5 Å². The van der Waals surface area contributed by atoms with E-state index in [1.165, 1.54) is 47.7 Å². The maximum absolute atomic E-state index is 12.4. The van der Waals surface area contributed by atoms with Gasteiger partial charge >= 0.3 is 0 Å². The molecule has 0 aliphatic carbocycles. The number of amides is 1. The van der Waals surface area contributed by atoms with Crippen molar-refractivity contribution in [3.8, 4) is 0 Å². The molecule has 132 valence electrons. The number of nitro benzene ring substituents is 2. The molecule has 0 N–H and O–H groups in total. The van der Waals surface area contributed by atoms with Crippen molar-refractivity contribution in [1.29, 1.82) is 0 Å². The molecule has 3 rings (SSSR count). The number of carbonyl (C=O) groups is 1. The van der Waals surface area contributed by atoms with Crippen molar-refractivity contribution in [1.82, 2.24) is 4.57 Å². The van der Waals surface area contributed by atoms with E-state index in [0.717, 1.165) is 4.70 Å². The van der Waals surface area contributed by atoms with Gasteiger partial charge in [-0.3, -0.25) is 25.0 Å². The molecule has 0 fully saturated rings. The molecule has 26 heavy (non-hydrogen) atoms. The third-order valence-corrected chi connectivity index (χ3v) is 4.75. The highest BCUT2D eigenvalue weighted by Gasteiger charge is 2.14. The summed E-state index contributed by atoms with van der Waals surface area (Å²) in [4.78, 5) is 37.6. The number of aryl methyl sites for hydroxylation is 1. The van der Waals surface area contributed by atoms with Gasteiger partial charge in [0, 0.05) is 36.4 Å². The first-order chi connectivity index (χ1) is 12.4. The van der Waals surface area contributed by atoms with Crippen molar-refractivity contribution < 1.29 is 14.6 Å². The number of hydrogen-bond acceptors (Lipinski definition) is 6. The maximum atomic E-state index is 12.4.